The minimum Gasteiger partial charge on any atom is -0.375 e. The van der Waals surface area contributed by atoms with Crippen molar-refractivity contribution >= 4 is 46.7 Å². The fourth-order valence-corrected chi connectivity index (χ4v) is 7.24. The number of aromatic nitrogens is 5. The van der Waals surface area contributed by atoms with Crippen LogP contribution >= 0.6 is 11.3 Å². The molecule has 0 amide bonds. The number of alkyl halides is 1. The van der Waals surface area contributed by atoms with Crippen LogP contribution in [0.1, 0.15) is 26.7 Å². The number of primary sulfonamides is 1. The molecular formula is C20H23FN8O4S3. The predicted molar refractivity (Wildman–Crippen MR) is 134 cm³/mol. The number of tetrazole rings is 1. The summed E-state index contributed by atoms with van der Waals surface area (Å²) < 4.78 is 70.1. The first-order valence-electron chi connectivity index (χ1n) is 10.7. The van der Waals surface area contributed by atoms with Gasteiger partial charge < -0.3 is 5.73 Å². The van der Waals surface area contributed by atoms with Crippen molar-refractivity contribution in [3.8, 4) is 22.5 Å². The first kappa shape index (κ1) is 26.0. The number of hydrogen-bond acceptors (Lipinski definition) is 10. The molecular weight excluding hydrogens is 531 g/mol. The molecule has 0 fully saturated rings. The molecule has 0 bridgehead atoms. The highest BCUT2D eigenvalue weighted by Gasteiger charge is 2.34. The minimum absolute atomic E-state index is 0.0583. The average Bonchev–Trinajstić information content (AvgIpc) is 3.50. The molecule has 12 nitrogen and oxygen atoms in total. The van der Waals surface area contributed by atoms with Crippen LogP contribution in [0, 0.1) is 0 Å². The Labute approximate surface area is 210 Å². The quantitative estimate of drug-likeness (QED) is 0.239. The first-order valence-corrected chi connectivity index (χ1v) is 14.5. The van der Waals surface area contributed by atoms with Crippen LogP contribution < -0.4 is 15.6 Å². The number of rotatable bonds is 9. The fraction of sp³-hybridized carbons (Fsp3) is 0.300. The van der Waals surface area contributed by atoms with Gasteiger partial charge in [-0.3, -0.25) is 0 Å². The molecule has 0 aliphatic heterocycles. The highest BCUT2D eigenvalue weighted by atomic mass is 32.2. The third kappa shape index (κ3) is 4.81. The molecule has 0 radical (unpaired) electrons. The van der Waals surface area contributed by atoms with E-state index in [1.807, 2.05) is 0 Å². The van der Waals surface area contributed by atoms with Crippen LogP contribution in [-0.4, -0.2) is 54.7 Å². The Morgan fingerprint density at radius 2 is 1.83 bits per heavy atom. The molecule has 0 saturated heterocycles. The Morgan fingerprint density at radius 1 is 1.11 bits per heavy atom. The van der Waals surface area contributed by atoms with Crippen molar-refractivity contribution in [3.63, 3.8) is 0 Å². The second kappa shape index (κ2) is 9.44. The lowest BCUT2D eigenvalue weighted by molar-refractivity contribution is 0.156. The Morgan fingerprint density at radius 3 is 2.44 bits per heavy atom. The average molecular weight is 555 g/mol. The number of fused-ring (bicyclic) bond motifs is 1. The molecule has 36 heavy (non-hydrogen) atoms. The number of thiazole rings is 1. The fourth-order valence-electron chi connectivity index (χ4n) is 3.77. The van der Waals surface area contributed by atoms with Crippen LogP contribution in [0.4, 0.5) is 9.52 Å². The summed E-state index contributed by atoms with van der Waals surface area (Å²) in [7, 11) is -9.23. The zero-order valence-corrected chi connectivity index (χ0v) is 21.6. The van der Waals surface area contributed by atoms with Crippen molar-refractivity contribution in [1.29, 1.82) is 0 Å². The summed E-state index contributed by atoms with van der Waals surface area (Å²) in [6.45, 7) is 2.62. The number of aromatic amines is 1. The van der Waals surface area contributed by atoms with Crippen LogP contribution in [0.25, 0.3) is 32.7 Å². The van der Waals surface area contributed by atoms with Gasteiger partial charge in [-0.15, -0.1) is 5.10 Å². The van der Waals surface area contributed by atoms with Crippen LogP contribution in [0.3, 0.4) is 0 Å². The van der Waals surface area contributed by atoms with Crippen molar-refractivity contribution in [2.24, 2.45) is 5.14 Å². The van der Waals surface area contributed by atoms with Crippen LogP contribution in [0.5, 0.6) is 0 Å². The van der Waals surface area contributed by atoms with Gasteiger partial charge in [0.05, 0.1) is 15.8 Å². The van der Waals surface area contributed by atoms with Gasteiger partial charge in [0.2, 0.25) is 20.0 Å². The predicted octanol–water partition coefficient (Wildman–Crippen LogP) is 2.18. The number of para-hydroxylation sites is 1. The van der Waals surface area contributed by atoms with Gasteiger partial charge in [-0.1, -0.05) is 43.4 Å². The maximum absolute atomic E-state index is 14.9. The van der Waals surface area contributed by atoms with E-state index in [1.54, 1.807) is 32.0 Å². The standard InChI is InChI=1S/C20H23FN8O4S3/c1-3-20(21,4-2)10-24-36(32,33)14-9-8-11(12-6-5-7-13-16(12)25-19(22)34-13)15(17(14)35(23,30)31)18-26-28-29-27-18/h5-9,24H,3-4,10H2,1-2H3,(H2,22,25)(H2,23,30,31)(H,26,27,28,29). The maximum atomic E-state index is 14.9. The summed E-state index contributed by atoms with van der Waals surface area (Å²) in [6.07, 6.45) is 0.117. The lowest BCUT2D eigenvalue weighted by Crippen LogP contribution is -2.39. The highest BCUT2D eigenvalue weighted by molar-refractivity contribution is 7.92. The van der Waals surface area contributed by atoms with Crippen molar-refractivity contribution in [2.45, 2.75) is 42.1 Å². The second-order valence-electron chi connectivity index (χ2n) is 8.00. The normalized spacial score (nSPS) is 12.9. The van der Waals surface area contributed by atoms with Gasteiger partial charge in [0, 0.05) is 12.1 Å². The molecule has 0 aliphatic carbocycles. The molecule has 4 rings (SSSR count). The number of nitrogens with one attached hydrogen (secondary N) is 2. The second-order valence-corrected chi connectivity index (χ2v) is 12.3. The molecule has 2 heterocycles. The largest absolute Gasteiger partial charge is 0.375 e. The van der Waals surface area contributed by atoms with Gasteiger partial charge in [0.25, 0.3) is 0 Å². The summed E-state index contributed by atoms with van der Waals surface area (Å²) in [5, 5.41) is 19.1. The summed E-state index contributed by atoms with van der Waals surface area (Å²) in [4.78, 5) is 2.92. The molecule has 16 heteroatoms. The minimum atomic E-state index is -4.69. The van der Waals surface area contributed by atoms with Crippen molar-refractivity contribution < 1.29 is 21.2 Å². The van der Waals surface area contributed by atoms with E-state index in [2.05, 4.69) is 30.3 Å². The lowest BCUT2D eigenvalue weighted by atomic mass is 9.98. The third-order valence-corrected chi connectivity index (χ3v) is 9.27. The molecule has 6 N–H and O–H groups in total. The lowest BCUT2D eigenvalue weighted by Gasteiger charge is -2.23. The summed E-state index contributed by atoms with van der Waals surface area (Å²) in [5.74, 6) is -0.145. The van der Waals surface area contributed by atoms with Gasteiger partial charge >= 0.3 is 0 Å². The molecule has 0 atom stereocenters. The van der Waals surface area contributed by atoms with Crippen LogP contribution in [0.2, 0.25) is 0 Å². The van der Waals surface area contributed by atoms with E-state index in [9.17, 15) is 21.2 Å². The number of nitrogen functional groups attached to an aromatic ring is 1. The van der Waals surface area contributed by atoms with E-state index in [-0.39, 0.29) is 34.9 Å². The molecule has 0 unspecified atom stereocenters. The van der Waals surface area contributed by atoms with Gasteiger partial charge in [-0.25, -0.2) is 41.2 Å². The molecule has 0 aliphatic rings. The monoisotopic (exact) mass is 554 g/mol. The molecule has 2 aromatic carbocycles. The molecule has 0 spiro atoms. The number of anilines is 1. The molecule has 0 saturated carbocycles. The molecule has 192 valence electrons. The third-order valence-electron chi connectivity index (χ3n) is 5.85. The van der Waals surface area contributed by atoms with Crippen LogP contribution in [0.15, 0.2) is 40.1 Å². The number of hydrogen-bond donors (Lipinski definition) is 4. The number of halogens is 1. The number of sulfonamides is 2. The van der Waals surface area contributed by atoms with E-state index >= 15 is 0 Å². The zero-order valence-electron chi connectivity index (χ0n) is 19.2. The molecule has 2 aromatic heterocycles. The Bertz CT molecular complexity index is 1630. The Hall–Kier alpha value is -3.05. The van der Waals surface area contributed by atoms with Gasteiger partial charge in [0.1, 0.15) is 15.5 Å². The number of benzene rings is 2. The highest BCUT2D eigenvalue weighted by Crippen LogP contribution is 2.41. The SMILES string of the molecule is CCC(F)(CC)CNS(=O)(=O)c1ccc(-c2cccc3sc(N)nc23)c(-c2nnn[nH]2)c1S(N)(=O)=O. The van der Waals surface area contributed by atoms with Gasteiger partial charge in [-0.2, -0.15) is 0 Å². The van der Waals surface area contributed by atoms with E-state index in [4.69, 9.17) is 10.9 Å². The van der Waals surface area contributed by atoms with E-state index < -0.39 is 42.1 Å². The Balaban J connectivity index is 2.02. The Kier molecular flexibility index (Phi) is 6.82. The van der Waals surface area contributed by atoms with E-state index in [1.165, 1.54) is 17.4 Å². The summed E-state index contributed by atoms with van der Waals surface area (Å²) in [5.41, 5.74) is 5.05. The van der Waals surface area contributed by atoms with E-state index in [0.717, 1.165) is 10.8 Å². The van der Waals surface area contributed by atoms with Gasteiger partial charge in [-0.05, 0) is 41.0 Å². The number of H-pyrrole nitrogens is 1. The smallest absolute Gasteiger partial charge is 0.242 e. The number of nitrogens with two attached hydrogens (primary N) is 2. The van der Waals surface area contributed by atoms with Gasteiger partial charge in [0.15, 0.2) is 11.0 Å². The zero-order chi connectivity index (χ0) is 26.3. The van der Waals surface area contributed by atoms with Crippen molar-refractivity contribution in [1.82, 2.24) is 30.3 Å². The summed E-state index contributed by atoms with van der Waals surface area (Å²) in [6, 6.07) is 7.67. The molecule has 4 aromatic rings. The maximum Gasteiger partial charge on any atom is 0.242 e. The van der Waals surface area contributed by atoms with E-state index in [0.29, 0.717) is 11.1 Å². The van der Waals surface area contributed by atoms with Crippen LogP contribution in [-0.2, 0) is 20.0 Å². The topological polar surface area (TPSA) is 200 Å². The summed E-state index contributed by atoms with van der Waals surface area (Å²) >= 11 is 1.23. The van der Waals surface area contributed by atoms with Crippen molar-refractivity contribution in [2.75, 3.05) is 12.3 Å². The van der Waals surface area contributed by atoms with Crippen molar-refractivity contribution in [3.05, 3.63) is 30.3 Å². The first-order chi connectivity index (χ1) is 16.9. The number of nitrogens with zero attached hydrogens (tertiary/aromatic N) is 4.